The number of hydrogen-bond donors (Lipinski definition) is 1. The maximum atomic E-state index is 11.8. The smallest absolute Gasteiger partial charge is 0.408 e. The van der Waals surface area contributed by atoms with E-state index in [4.69, 9.17) is 15.0 Å². The van der Waals surface area contributed by atoms with Crippen molar-refractivity contribution in [3.05, 3.63) is 41.4 Å². The van der Waals surface area contributed by atoms with Gasteiger partial charge in [-0.1, -0.05) is 30.3 Å². The first-order chi connectivity index (χ1) is 10.8. The highest BCUT2D eigenvalue weighted by Gasteiger charge is 2.25. The van der Waals surface area contributed by atoms with Crippen LogP contribution in [0, 0.1) is 0 Å². The van der Waals surface area contributed by atoms with Crippen LogP contribution in [-0.2, 0) is 20.9 Å². The van der Waals surface area contributed by atoms with Gasteiger partial charge in [-0.2, -0.15) is 4.79 Å². The summed E-state index contributed by atoms with van der Waals surface area (Å²) in [6.07, 6.45) is -0.0287. The first kappa shape index (κ1) is 18.5. The fourth-order valence-corrected chi connectivity index (χ4v) is 1.66. The van der Waals surface area contributed by atoms with E-state index in [0.717, 1.165) is 5.56 Å². The van der Waals surface area contributed by atoms with Crippen molar-refractivity contribution in [2.45, 2.75) is 39.0 Å². The highest BCUT2D eigenvalue weighted by molar-refractivity contribution is 6.28. The Morgan fingerprint density at radius 1 is 1.30 bits per heavy atom. The third-order valence-electron chi connectivity index (χ3n) is 2.62. The Bertz CT molecular complexity index is 575. The molecule has 0 unspecified atom stereocenters. The van der Waals surface area contributed by atoms with Gasteiger partial charge in [0, 0.05) is 0 Å². The van der Waals surface area contributed by atoms with Crippen molar-refractivity contribution in [3.63, 3.8) is 0 Å². The molecule has 7 heteroatoms. The third-order valence-corrected chi connectivity index (χ3v) is 2.62. The Hall–Kier alpha value is -2.50. The second-order valence-electron chi connectivity index (χ2n) is 5.85. The zero-order valence-corrected chi connectivity index (χ0v) is 13.5. The fourth-order valence-electron chi connectivity index (χ4n) is 1.66. The number of ketones is 1. The van der Waals surface area contributed by atoms with Crippen LogP contribution >= 0.6 is 0 Å². The summed E-state index contributed by atoms with van der Waals surface area (Å²) in [6.45, 7) is 5.36. The van der Waals surface area contributed by atoms with Crippen LogP contribution in [0.3, 0.4) is 0 Å². The third kappa shape index (κ3) is 7.90. The van der Waals surface area contributed by atoms with Gasteiger partial charge in [-0.3, -0.25) is 4.79 Å². The number of amides is 1. The lowest BCUT2D eigenvalue weighted by Crippen LogP contribution is -2.46. The molecule has 23 heavy (non-hydrogen) atoms. The summed E-state index contributed by atoms with van der Waals surface area (Å²) >= 11 is 0. The second-order valence-corrected chi connectivity index (χ2v) is 5.85. The van der Waals surface area contributed by atoms with Gasteiger partial charge in [-0.25, -0.2) is 4.79 Å². The molecule has 1 amide bonds. The number of alkyl carbamates (subject to hydrolysis) is 1. The highest BCUT2D eigenvalue weighted by atomic mass is 16.6. The summed E-state index contributed by atoms with van der Waals surface area (Å²) < 4.78 is 10.5. The molecule has 0 aromatic heterocycles. The van der Waals surface area contributed by atoms with Crippen molar-refractivity contribution in [3.8, 4) is 0 Å². The summed E-state index contributed by atoms with van der Waals surface area (Å²) in [6, 6.07) is 8.40. The van der Waals surface area contributed by atoms with Crippen LogP contribution in [-0.4, -0.2) is 41.1 Å². The minimum absolute atomic E-state index is 0.0704. The SMILES string of the molecule is CC(C)(C)OC(=O)N[C@H](COCc1ccccc1)C(=O)C=[N+]=[N-]. The van der Waals surface area contributed by atoms with E-state index in [1.54, 1.807) is 20.8 Å². The predicted molar refractivity (Wildman–Crippen MR) is 83.9 cm³/mol. The molecule has 0 aliphatic rings. The molecule has 1 N–H and O–H groups in total. The van der Waals surface area contributed by atoms with E-state index in [0.29, 0.717) is 6.21 Å². The summed E-state index contributed by atoms with van der Waals surface area (Å²) in [5.74, 6) is -0.591. The number of carbonyl (C=O) groups is 2. The molecule has 0 fully saturated rings. The van der Waals surface area contributed by atoms with Gasteiger partial charge in [0.05, 0.1) is 13.2 Å². The maximum Gasteiger partial charge on any atom is 0.408 e. The molecule has 0 saturated carbocycles. The lowest BCUT2D eigenvalue weighted by molar-refractivity contribution is -0.119. The van der Waals surface area contributed by atoms with E-state index >= 15 is 0 Å². The molecule has 0 heterocycles. The summed E-state index contributed by atoms with van der Waals surface area (Å²) in [5, 5.41) is 2.41. The van der Waals surface area contributed by atoms with Crippen LogP contribution in [0.4, 0.5) is 4.79 Å². The standard InChI is InChI=1S/C16H21N3O4/c1-16(2,3)23-15(21)19-13(14(20)9-18-17)11-22-10-12-7-5-4-6-8-12/h4-9,13H,10-11H2,1-3H3,(H,19,21)/t13-/m1/s1. The van der Waals surface area contributed by atoms with E-state index < -0.39 is 23.5 Å². The molecule has 7 nitrogen and oxygen atoms in total. The topological polar surface area (TPSA) is 101 Å². The Morgan fingerprint density at radius 2 is 1.96 bits per heavy atom. The average Bonchev–Trinajstić information content (AvgIpc) is 2.45. The fraction of sp³-hybridized carbons (Fsp3) is 0.438. The number of rotatable bonds is 7. The largest absolute Gasteiger partial charge is 0.444 e. The van der Waals surface area contributed by atoms with Crippen LogP contribution in [0.1, 0.15) is 26.3 Å². The van der Waals surface area contributed by atoms with Crippen LogP contribution in [0.5, 0.6) is 0 Å². The number of carbonyl (C=O) groups excluding carboxylic acids is 2. The zero-order chi connectivity index (χ0) is 17.3. The minimum atomic E-state index is -0.996. The van der Waals surface area contributed by atoms with Crippen molar-refractivity contribution >= 4 is 18.1 Å². The normalized spacial score (nSPS) is 12.0. The molecule has 1 rings (SSSR count). The number of nitrogens with zero attached hydrogens (tertiary/aromatic N) is 2. The maximum absolute atomic E-state index is 11.8. The Balaban J connectivity index is 2.60. The molecule has 0 aliphatic heterocycles. The Kier molecular flexibility index (Phi) is 7.12. The van der Waals surface area contributed by atoms with Crippen molar-refractivity contribution in [1.29, 1.82) is 0 Å². The molecule has 124 valence electrons. The molecule has 0 spiro atoms. The van der Waals surface area contributed by atoms with Gasteiger partial charge >= 0.3 is 12.3 Å². The lowest BCUT2D eigenvalue weighted by Gasteiger charge is -2.22. The van der Waals surface area contributed by atoms with E-state index in [-0.39, 0.29) is 13.2 Å². The van der Waals surface area contributed by atoms with E-state index in [1.165, 1.54) is 0 Å². The highest BCUT2D eigenvalue weighted by Crippen LogP contribution is 2.07. The van der Waals surface area contributed by atoms with Crippen LogP contribution < -0.4 is 5.32 Å². The molecule has 1 atom stereocenters. The number of benzene rings is 1. The quantitative estimate of drug-likeness (QED) is 0.471. The summed E-state index contributed by atoms with van der Waals surface area (Å²) in [5.41, 5.74) is 8.72. The Labute approximate surface area is 135 Å². The van der Waals surface area contributed by atoms with Gasteiger partial charge in [0.2, 0.25) is 0 Å². The van der Waals surface area contributed by atoms with Gasteiger partial charge in [-0.05, 0) is 26.3 Å². The average molecular weight is 319 g/mol. The lowest BCUT2D eigenvalue weighted by atomic mass is 10.2. The van der Waals surface area contributed by atoms with Crippen molar-refractivity contribution in [1.82, 2.24) is 5.32 Å². The van der Waals surface area contributed by atoms with Gasteiger partial charge in [0.1, 0.15) is 11.6 Å². The zero-order valence-electron chi connectivity index (χ0n) is 13.5. The molecule has 0 bridgehead atoms. The van der Waals surface area contributed by atoms with Crippen LogP contribution in [0.25, 0.3) is 5.53 Å². The molecular weight excluding hydrogens is 298 g/mol. The minimum Gasteiger partial charge on any atom is -0.444 e. The monoisotopic (exact) mass is 319 g/mol. The van der Waals surface area contributed by atoms with Crippen molar-refractivity contribution in [2.75, 3.05) is 6.61 Å². The first-order valence-corrected chi connectivity index (χ1v) is 7.14. The number of nitrogens with one attached hydrogen (secondary N) is 1. The van der Waals surface area contributed by atoms with Gasteiger partial charge < -0.3 is 20.3 Å². The Morgan fingerprint density at radius 3 is 2.52 bits per heavy atom. The van der Waals surface area contributed by atoms with E-state index in [1.807, 2.05) is 30.3 Å². The number of Topliss-reactive ketones (excluding diaryl/α,β-unsaturated/α-hetero) is 1. The molecule has 0 saturated heterocycles. The van der Waals surface area contributed by atoms with Crippen LogP contribution in [0.15, 0.2) is 30.3 Å². The number of ether oxygens (including phenoxy) is 2. The van der Waals surface area contributed by atoms with E-state index in [2.05, 4.69) is 10.1 Å². The summed E-state index contributed by atoms with van der Waals surface area (Å²) in [7, 11) is 0. The van der Waals surface area contributed by atoms with Crippen molar-refractivity contribution in [2.24, 2.45) is 0 Å². The second kappa shape index (κ2) is 8.82. The molecule has 1 aromatic rings. The molecular formula is C16H21N3O4. The first-order valence-electron chi connectivity index (χ1n) is 7.14. The number of hydrogen-bond acceptors (Lipinski definition) is 4. The van der Waals surface area contributed by atoms with Gasteiger partial charge in [0.25, 0.3) is 5.78 Å². The molecule has 1 aromatic carbocycles. The van der Waals surface area contributed by atoms with Crippen molar-refractivity contribution < 1.29 is 23.9 Å². The molecule has 0 aliphatic carbocycles. The van der Waals surface area contributed by atoms with Gasteiger partial charge in [0.15, 0.2) is 0 Å². The van der Waals surface area contributed by atoms with Crippen LogP contribution in [0.2, 0.25) is 0 Å². The molecule has 0 radical (unpaired) electrons. The summed E-state index contributed by atoms with van der Waals surface area (Å²) in [4.78, 5) is 26.3. The van der Waals surface area contributed by atoms with Gasteiger partial charge in [-0.15, -0.1) is 0 Å². The van der Waals surface area contributed by atoms with E-state index in [9.17, 15) is 9.59 Å². The predicted octanol–water partition coefficient (Wildman–Crippen LogP) is 1.97.